The first kappa shape index (κ1) is 21.5. The average molecular weight is 432 g/mol. The van der Waals surface area contributed by atoms with Gasteiger partial charge in [0.2, 0.25) is 5.91 Å². The number of nitrogens with one attached hydrogen (secondary N) is 1. The zero-order valence-corrected chi connectivity index (χ0v) is 17.6. The van der Waals surface area contributed by atoms with Gasteiger partial charge in [-0.2, -0.15) is 0 Å². The number of benzene rings is 3. The van der Waals surface area contributed by atoms with E-state index in [0.717, 1.165) is 19.6 Å². The van der Waals surface area contributed by atoms with E-state index in [9.17, 15) is 19.7 Å². The van der Waals surface area contributed by atoms with Crippen molar-refractivity contribution in [2.45, 2.75) is 6.54 Å². The third-order valence-electron chi connectivity index (χ3n) is 5.72. The van der Waals surface area contributed by atoms with Crippen molar-refractivity contribution >= 4 is 28.3 Å². The second-order valence-corrected chi connectivity index (χ2v) is 7.79. The largest absolute Gasteiger partial charge is 0.343 e. The average Bonchev–Trinajstić information content (AvgIpc) is 2.83. The molecule has 0 spiro atoms. The summed E-state index contributed by atoms with van der Waals surface area (Å²) in [5.41, 5.74) is 1.27. The van der Waals surface area contributed by atoms with E-state index in [1.165, 1.54) is 40.6 Å². The van der Waals surface area contributed by atoms with Gasteiger partial charge in [0.1, 0.15) is 0 Å². The highest BCUT2D eigenvalue weighted by Crippen LogP contribution is 2.20. The molecule has 0 aromatic heterocycles. The second kappa shape index (κ2) is 9.57. The summed E-state index contributed by atoms with van der Waals surface area (Å²) < 4.78 is 0. The minimum Gasteiger partial charge on any atom is -0.343 e. The van der Waals surface area contributed by atoms with Gasteiger partial charge in [0.25, 0.3) is 11.6 Å². The number of piperazine rings is 1. The van der Waals surface area contributed by atoms with Gasteiger partial charge in [0.15, 0.2) is 0 Å². The van der Waals surface area contributed by atoms with E-state index in [1.807, 2.05) is 12.1 Å². The van der Waals surface area contributed by atoms with Crippen LogP contribution >= 0.6 is 0 Å². The number of carbonyl (C=O) groups is 2. The number of hydrogen-bond acceptors (Lipinski definition) is 5. The van der Waals surface area contributed by atoms with E-state index in [0.29, 0.717) is 13.1 Å². The molecule has 0 radical (unpaired) electrons. The maximum Gasteiger partial charge on any atom is 0.270 e. The monoisotopic (exact) mass is 432 g/mol. The number of carbonyl (C=O) groups excluding carboxylic acids is 2. The summed E-state index contributed by atoms with van der Waals surface area (Å²) in [6.45, 7) is 3.39. The minimum atomic E-state index is -0.556. The molecule has 4 rings (SSSR count). The second-order valence-electron chi connectivity index (χ2n) is 7.79. The first-order valence-electron chi connectivity index (χ1n) is 10.5. The minimum absolute atomic E-state index is 0.134. The molecule has 3 aromatic carbocycles. The van der Waals surface area contributed by atoms with Crippen LogP contribution in [-0.2, 0) is 11.3 Å². The van der Waals surface area contributed by atoms with E-state index >= 15 is 0 Å². The molecular weight excluding hydrogens is 408 g/mol. The maximum absolute atomic E-state index is 12.5. The number of non-ortho nitro benzene ring substituents is 1. The third-order valence-corrected chi connectivity index (χ3v) is 5.72. The molecule has 8 nitrogen and oxygen atoms in total. The van der Waals surface area contributed by atoms with Gasteiger partial charge in [-0.05, 0) is 22.4 Å². The predicted molar refractivity (Wildman–Crippen MR) is 121 cm³/mol. The van der Waals surface area contributed by atoms with Crippen molar-refractivity contribution in [3.05, 3.63) is 88.0 Å². The van der Waals surface area contributed by atoms with Crippen LogP contribution in [-0.4, -0.2) is 59.3 Å². The van der Waals surface area contributed by atoms with Crippen LogP contribution in [0.5, 0.6) is 0 Å². The Morgan fingerprint density at radius 2 is 1.66 bits per heavy atom. The van der Waals surface area contributed by atoms with Crippen molar-refractivity contribution in [2.24, 2.45) is 0 Å². The number of hydrogen-bond donors (Lipinski definition) is 1. The number of rotatable bonds is 6. The van der Waals surface area contributed by atoms with Crippen LogP contribution in [0, 0.1) is 10.1 Å². The fourth-order valence-electron chi connectivity index (χ4n) is 3.96. The Hall–Kier alpha value is -3.78. The fourth-order valence-corrected chi connectivity index (χ4v) is 3.96. The summed E-state index contributed by atoms with van der Waals surface area (Å²) in [4.78, 5) is 39.2. The lowest BCUT2D eigenvalue weighted by molar-refractivity contribution is -0.384. The fraction of sp³-hybridized carbons (Fsp3) is 0.250. The Morgan fingerprint density at radius 1 is 0.938 bits per heavy atom. The number of nitro benzene ring substituents is 1. The molecule has 8 heteroatoms. The highest BCUT2D eigenvalue weighted by atomic mass is 16.6. The molecule has 1 heterocycles. The first-order valence-corrected chi connectivity index (χ1v) is 10.5. The zero-order valence-electron chi connectivity index (χ0n) is 17.6. The van der Waals surface area contributed by atoms with Gasteiger partial charge >= 0.3 is 0 Å². The summed E-state index contributed by atoms with van der Waals surface area (Å²) in [7, 11) is 0. The molecule has 2 amide bonds. The lowest BCUT2D eigenvalue weighted by Crippen LogP contribution is -2.50. The Morgan fingerprint density at radius 3 is 2.44 bits per heavy atom. The molecule has 1 saturated heterocycles. The number of fused-ring (bicyclic) bond motifs is 1. The summed E-state index contributed by atoms with van der Waals surface area (Å²) in [6, 6.07) is 20.1. The maximum atomic E-state index is 12.5. The van der Waals surface area contributed by atoms with Crippen LogP contribution in [0.3, 0.4) is 0 Å². The molecule has 1 N–H and O–H groups in total. The standard InChI is InChI=1S/C24H24N4O4/c29-23(16-25-24(30)19-7-4-9-21(15-19)28(31)32)27-13-11-26(12-14-27)17-20-8-3-6-18-5-1-2-10-22(18)20/h1-10,15H,11-14,16-17H2,(H,25,30). The molecule has 0 unspecified atom stereocenters. The Labute approximate surface area is 185 Å². The first-order chi connectivity index (χ1) is 15.5. The van der Waals surface area contributed by atoms with Crippen molar-refractivity contribution < 1.29 is 14.5 Å². The summed E-state index contributed by atoms with van der Waals surface area (Å²) >= 11 is 0. The Kier molecular flexibility index (Phi) is 6.42. The molecule has 164 valence electrons. The van der Waals surface area contributed by atoms with Crippen molar-refractivity contribution in [1.82, 2.24) is 15.1 Å². The van der Waals surface area contributed by atoms with Crippen LogP contribution in [0.15, 0.2) is 66.7 Å². The normalized spacial score (nSPS) is 14.3. The van der Waals surface area contributed by atoms with Crippen LogP contribution in [0.4, 0.5) is 5.69 Å². The number of nitro groups is 1. The van der Waals surface area contributed by atoms with Crippen molar-refractivity contribution in [2.75, 3.05) is 32.7 Å². The molecule has 0 atom stereocenters. The molecule has 0 aliphatic carbocycles. The van der Waals surface area contributed by atoms with Crippen LogP contribution in [0.25, 0.3) is 10.8 Å². The lowest BCUT2D eigenvalue weighted by Gasteiger charge is -2.35. The van der Waals surface area contributed by atoms with Crippen LogP contribution in [0.1, 0.15) is 15.9 Å². The van der Waals surface area contributed by atoms with Gasteiger partial charge in [-0.15, -0.1) is 0 Å². The zero-order chi connectivity index (χ0) is 22.5. The van der Waals surface area contributed by atoms with Gasteiger partial charge < -0.3 is 10.2 Å². The summed E-state index contributed by atoms with van der Waals surface area (Å²) in [5.74, 6) is -0.662. The van der Waals surface area contributed by atoms with E-state index < -0.39 is 10.8 Å². The van der Waals surface area contributed by atoms with Crippen LogP contribution < -0.4 is 5.32 Å². The Bertz CT molecular complexity index is 1150. The van der Waals surface area contributed by atoms with E-state index in [-0.39, 0.29) is 23.7 Å². The van der Waals surface area contributed by atoms with Crippen molar-refractivity contribution in [3.63, 3.8) is 0 Å². The van der Waals surface area contributed by atoms with E-state index in [1.54, 1.807) is 4.90 Å². The highest BCUT2D eigenvalue weighted by Gasteiger charge is 2.22. The SMILES string of the molecule is O=C(NCC(=O)N1CCN(Cc2cccc3ccccc23)CC1)c1cccc([N+](=O)[O-])c1. The van der Waals surface area contributed by atoms with Gasteiger partial charge in [-0.3, -0.25) is 24.6 Å². The molecule has 1 aliphatic rings. The van der Waals surface area contributed by atoms with Gasteiger partial charge in [0.05, 0.1) is 11.5 Å². The van der Waals surface area contributed by atoms with E-state index in [2.05, 4.69) is 40.5 Å². The summed E-state index contributed by atoms with van der Waals surface area (Å²) in [5, 5.41) is 15.9. The smallest absolute Gasteiger partial charge is 0.270 e. The third kappa shape index (κ3) is 4.92. The topological polar surface area (TPSA) is 95.8 Å². The molecule has 1 aliphatic heterocycles. The Balaban J connectivity index is 1.28. The number of amides is 2. The van der Waals surface area contributed by atoms with Crippen LogP contribution in [0.2, 0.25) is 0 Å². The number of nitrogens with zero attached hydrogens (tertiary/aromatic N) is 3. The quantitative estimate of drug-likeness (QED) is 0.477. The van der Waals surface area contributed by atoms with Crippen molar-refractivity contribution in [1.29, 1.82) is 0 Å². The molecular formula is C24H24N4O4. The van der Waals surface area contributed by atoms with Crippen molar-refractivity contribution in [3.8, 4) is 0 Å². The highest BCUT2D eigenvalue weighted by molar-refractivity contribution is 5.97. The molecule has 32 heavy (non-hydrogen) atoms. The summed E-state index contributed by atoms with van der Waals surface area (Å²) in [6.07, 6.45) is 0. The lowest BCUT2D eigenvalue weighted by atomic mass is 10.0. The van der Waals surface area contributed by atoms with Gasteiger partial charge in [0, 0.05) is 50.4 Å². The molecule has 3 aromatic rings. The van der Waals surface area contributed by atoms with Gasteiger partial charge in [-0.25, -0.2) is 0 Å². The predicted octanol–water partition coefficient (Wildman–Crippen LogP) is 2.82. The van der Waals surface area contributed by atoms with E-state index in [4.69, 9.17) is 0 Å². The molecule has 0 saturated carbocycles. The molecule has 0 bridgehead atoms. The molecule has 1 fully saturated rings. The van der Waals surface area contributed by atoms with Gasteiger partial charge in [-0.1, -0.05) is 48.5 Å².